The number of rotatable bonds is 9. The molecule has 8 N–H and O–H groups in total. The monoisotopic (exact) mass is 403 g/mol. The molecule has 9 nitrogen and oxygen atoms in total. The van der Waals surface area contributed by atoms with Gasteiger partial charge < -0.3 is 36.8 Å². The third kappa shape index (κ3) is 5.76. The van der Waals surface area contributed by atoms with Gasteiger partial charge in [0, 0.05) is 19.1 Å². The first kappa shape index (κ1) is 21.8. The van der Waals surface area contributed by atoms with Gasteiger partial charge in [0.15, 0.2) is 23.0 Å². The molecule has 2 aromatic carbocycles. The molecule has 2 aromatic rings. The van der Waals surface area contributed by atoms with E-state index in [1.807, 2.05) is 0 Å². The third-order valence-electron chi connectivity index (χ3n) is 4.40. The molecule has 0 bridgehead atoms. The molecule has 2 rings (SSSR count). The lowest BCUT2D eigenvalue weighted by Gasteiger charge is -2.17. The molecule has 0 heterocycles. The Morgan fingerprint density at radius 1 is 0.862 bits per heavy atom. The maximum absolute atomic E-state index is 12.2. The second-order valence-corrected chi connectivity index (χ2v) is 6.50. The van der Waals surface area contributed by atoms with Crippen molar-refractivity contribution in [3.63, 3.8) is 0 Å². The molecular weight excluding hydrogens is 378 g/mol. The number of carbonyl (C=O) groups excluding carboxylic acids is 2. The van der Waals surface area contributed by atoms with Crippen LogP contribution < -0.4 is 16.4 Å². The number of benzene rings is 2. The van der Waals surface area contributed by atoms with E-state index in [0.717, 1.165) is 0 Å². The Bertz CT molecular complexity index is 871. The van der Waals surface area contributed by atoms with Gasteiger partial charge in [-0.25, -0.2) is 0 Å². The number of carbonyl (C=O) groups is 2. The van der Waals surface area contributed by atoms with Crippen LogP contribution in [0.5, 0.6) is 23.0 Å². The molecule has 0 spiro atoms. The lowest BCUT2D eigenvalue weighted by Crippen LogP contribution is -2.40. The van der Waals surface area contributed by atoms with Crippen molar-refractivity contribution >= 4 is 11.8 Å². The van der Waals surface area contributed by atoms with E-state index in [0.29, 0.717) is 25.8 Å². The van der Waals surface area contributed by atoms with Crippen molar-refractivity contribution in [3.05, 3.63) is 47.5 Å². The number of hydrogen-bond donors (Lipinski definition) is 7. The molecule has 0 aliphatic heterocycles. The zero-order valence-electron chi connectivity index (χ0n) is 15.8. The van der Waals surface area contributed by atoms with E-state index in [2.05, 4.69) is 10.6 Å². The summed E-state index contributed by atoms with van der Waals surface area (Å²) in [4.78, 5) is 24.3. The van der Waals surface area contributed by atoms with E-state index in [1.165, 1.54) is 36.4 Å². The topological polar surface area (TPSA) is 165 Å². The second kappa shape index (κ2) is 10.2. The van der Waals surface area contributed by atoms with Crippen molar-refractivity contribution in [1.29, 1.82) is 0 Å². The molecule has 0 radical (unpaired) electrons. The van der Waals surface area contributed by atoms with Gasteiger partial charge in [-0.3, -0.25) is 9.59 Å². The Labute approximate surface area is 167 Å². The number of nitrogens with two attached hydrogens (primary N) is 1. The van der Waals surface area contributed by atoms with Crippen LogP contribution in [0.2, 0.25) is 0 Å². The fraction of sp³-hybridized carbons (Fsp3) is 0.300. The average molecular weight is 403 g/mol. The zero-order chi connectivity index (χ0) is 21.4. The summed E-state index contributed by atoms with van der Waals surface area (Å²) in [7, 11) is 0. The highest BCUT2D eigenvalue weighted by atomic mass is 16.3. The number of hydrogen-bond acceptors (Lipinski definition) is 7. The minimum atomic E-state index is -0.540. The van der Waals surface area contributed by atoms with Gasteiger partial charge >= 0.3 is 0 Å². The van der Waals surface area contributed by atoms with Crippen LogP contribution in [0, 0.1) is 0 Å². The predicted molar refractivity (Wildman–Crippen MR) is 106 cm³/mol. The van der Waals surface area contributed by atoms with E-state index in [9.17, 15) is 30.0 Å². The second-order valence-electron chi connectivity index (χ2n) is 6.50. The highest BCUT2D eigenvalue weighted by Gasteiger charge is 2.17. The molecule has 156 valence electrons. The Kier molecular flexibility index (Phi) is 7.67. The fourth-order valence-corrected chi connectivity index (χ4v) is 2.75. The van der Waals surface area contributed by atoms with E-state index >= 15 is 0 Å². The maximum Gasteiger partial charge on any atom is 0.255 e. The normalized spacial score (nSPS) is 11.6. The lowest BCUT2D eigenvalue weighted by molar-refractivity contribution is 0.0931. The number of phenols is 4. The minimum absolute atomic E-state index is 0.0111. The molecule has 29 heavy (non-hydrogen) atoms. The quantitative estimate of drug-likeness (QED) is 0.244. The minimum Gasteiger partial charge on any atom is -0.504 e. The van der Waals surface area contributed by atoms with Crippen molar-refractivity contribution in [1.82, 2.24) is 10.6 Å². The first-order chi connectivity index (χ1) is 13.8. The molecule has 0 aliphatic carbocycles. The standard InChI is InChI=1S/C20H25N3O6/c21-11-12(23-20(29)14-7-4-9-16(25)18(14)27)5-1-2-10-22-19(28)13-6-3-8-15(24)17(13)26/h3-4,6-9,12,24-27H,1-2,5,10-11,21H2,(H,22,28)(H,23,29)/t12-/m0/s1. The molecule has 0 aliphatic rings. The van der Waals surface area contributed by atoms with Crippen molar-refractivity contribution in [3.8, 4) is 23.0 Å². The van der Waals surface area contributed by atoms with Crippen molar-refractivity contribution in [2.45, 2.75) is 25.3 Å². The Balaban J connectivity index is 1.77. The lowest BCUT2D eigenvalue weighted by atomic mass is 10.1. The van der Waals surface area contributed by atoms with E-state index in [1.54, 1.807) is 0 Å². The van der Waals surface area contributed by atoms with E-state index in [4.69, 9.17) is 5.73 Å². The Morgan fingerprint density at radius 3 is 1.97 bits per heavy atom. The molecule has 2 amide bonds. The summed E-state index contributed by atoms with van der Waals surface area (Å²) in [6, 6.07) is 7.93. The van der Waals surface area contributed by atoms with Gasteiger partial charge in [0.05, 0.1) is 11.1 Å². The summed E-state index contributed by atoms with van der Waals surface area (Å²) in [5.74, 6) is -2.74. The highest BCUT2D eigenvalue weighted by molar-refractivity contribution is 5.98. The van der Waals surface area contributed by atoms with Crippen LogP contribution in [0.1, 0.15) is 40.0 Å². The SMILES string of the molecule is NC[C@H](CCCCNC(=O)c1cccc(O)c1O)NC(=O)c1cccc(O)c1O. The van der Waals surface area contributed by atoms with Gasteiger partial charge in [-0.05, 0) is 43.5 Å². The predicted octanol–water partition coefficient (Wildman–Crippen LogP) is 1.17. The van der Waals surface area contributed by atoms with Crippen LogP contribution in [0.3, 0.4) is 0 Å². The van der Waals surface area contributed by atoms with Gasteiger partial charge in [-0.1, -0.05) is 12.1 Å². The summed E-state index contributed by atoms with van der Waals surface area (Å²) < 4.78 is 0. The molecule has 0 unspecified atom stereocenters. The number of amides is 2. The molecule has 0 aromatic heterocycles. The first-order valence-electron chi connectivity index (χ1n) is 9.16. The summed E-state index contributed by atoms with van der Waals surface area (Å²) >= 11 is 0. The molecular formula is C20H25N3O6. The zero-order valence-corrected chi connectivity index (χ0v) is 15.8. The number of nitrogens with one attached hydrogen (secondary N) is 2. The van der Waals surface area contributed by atoms with Crippen LogP contribution in [-0.2, 0) is 0 Å². The van der Waals surface area contributed by atoms with Crippen LogP contribution in [0.25, 0.3) is 0 Å². The summed E-state index contributed by atoms with van der Waals surface area (Å²) in [6.45, 7) is 0.529. The van der Waals surface area contributed by atoms with E-state index in [-0.39, 0.29) is 35.2 Å². The molecule has 0 fully saturated rings. The van der Waals surface area contributed by atoms with Gasteiger partial charge in [0.1, 0.15) is 0 Å². The summed E-state index contributed by atoms with van der Waals surface area (Å²) in [5, 5.41) is 43.7. The van der Waals surface area contributed by atoms with Gasteiger partial charge in [0.2, 0.25) is 0 Å². The summed E-state index contributed by atoms with van der Waals surface area (Å²) in [5.41, 5.74) is 5.64. The first-order valence-corrected chi connectivity index (χ1v) is 9.16. The molecule has 1 atom stereocenters. The number of aromatic hydroxyl groups is 4. The van der Waals surface area contributed by atoms with Crippen LogP contribution in [0.15, 0.2) is 36.4 Å². The number of phenolic OH excluding ortho intramolecular Hbond substituents is 4. The van der Waals surface area contributed by atoms with Gasteiger partial charge in [0.25, 0.3) is 11.8 Å². The highest BCUT2D eigenvalue weighted by Crippen LogP contribution is 2.28. The van der Waals surface area contributed by atoms with Gasteiger partial charge in [-0.15, -0.1) is 0 Å². The fourth-order valence-electron chi connectivity index (χ4n) is 2.75. The maximum atomic E-state index is 12.2. The Hall–Kier alpha value is -3.46. The van der Waals surface area contributed by atoms with Crippen LogP contribution >= 0.6 is 0 Å². The van der Waals surface area contributed by atoms with Gasteiger partial charge in [-0.2, -0.15) is 0 Å². The Morgan fingerprint density at radius 2 is 1.41 bits per heavy atom. The van der Waals surface area contributed by atoms with Crippen molar-refractivity contribution in [2.24, 2.45) is 5.73 Å². The summed E-state index contributed by atoms with van der Waals surface area (Å²) in [6.07, 6.45) is 1.81. The molecule has 0 saturated carbocycles. The van der Waals surface area contributed by atoms with Crippen molar-refractivity contribution < 1.29 is 30.0 Å². The van der Waals surface area contributed by atoms with E-state index < -0.39 is 23.3 Å². The largest absolute Gasteiger partial charge is 0.504 e. The smallest absolute Gasteiger partial charge is 0.255 e. The van der Waals surface area contributed by atoms with Crippen LogP contribution in [0.4, 0.5) is 0 Å². The molecule has 9 heteroatoms. The average Bonchev–Trinajstić information content (AvgIpc) is 2.70. The number of para-hydroxylation sites is 2. The third-order valence-corrected chi connectivity index (χ3v) is 4.40. The number of unbranched alkanes of at least 4 members (excludes halogenated alkanes) is 1. The molecule has 0 saturated heterocycles. The van der Waals surface area contributed by atoms with Crippen LogP contribution in [-0.4, -0.2) is 51.4 Å². The van der Waals surface area contributed by atoms with Crippen molar-refractivity contribution in [2.75, 3.05) is 13.1 Å².